The second-order valence-corrected chi connectivity index (χ2v) is 2.64. The first-order chi connectivity index (χ1) is 4.47. The summed E-state index contributed by atoms with van der Waals surface area (Å²) < 4.78 is 0. The minimum Gasteiger partial charge on any atom is -0.289 e. The second-order valence-electron chi connectivity index (χ2n) is 2.64. The molecule has 47 valence electrons. The first-order valence-electron chi connectivity index (χ1n) is 3.50. The first kappa shape index (κ1) is 5.10. The average molecular weight is 120 g/mol. The molecule has 1 heterocycles. The third-order valence-corrected chi connectivity index (χ3v) is 2.02. The van der Waals surface area contributed by atoms with Crippen LogP contribution in [0, 0.1) is 5.92 Å². The van der Waals surface area contributed by atoms with Crippen LogP contribution in [0.5, 0.6) is 0 Å². The topological polar surface area (TPSA) is 14.1 Å². The quantitative estimate of drug-likeness (QED) is 0.430. The Morgan fingerprint density at radius 3 is 3.22 bits per heavy atom. The Hall–Kier alpha value is -0.720. The van der Waals surface area contributed by atoms with Crippen molar-refractivity contribution >= 4 is 0 Å². The predicted molar refractivity (Wildman–Crippen MR) is 36.9 cm³/mol. The highest BCUT2D eigenvalue weighted by Gasteiger charge is 2.22. The van der Waals surface area contributed by atoms with Crippen molar-refractivity contribution < 1.29 is 0 Å². The van der Waals surface area contributed by atoms with Gasteiger partial charge in [-0.1, -0.05) is 18.2 Å². The van der Waals surface area contributed by atoms with Crippen molar-refractivity contribution in [1.82, 2.24) is 5.32 Å². The van der Waals surface area contributed by atoms with Crippen molar-refractivity contribution in [3.63, 3.8) is 0 Å². The number of fused-ring (bicyclic) bond motifs is 1. The Balaban J connectivity index is 2.17. The molecular weight excluding hydrogens is 110 g/mol. The van der Waals surface area contributed by atoms with Gasteiger partial charge in [-0.25, -0.2) is 0 Å². The van der Waals surface area contributed by atoms with Crippen LogP contribution < -0.4 is 5.32 Å². The molecule has 1 nitrogen and oxygen atoms in total. The molecule has 1 aliphatic heterocycles. The summed E-state index contributed by atoms with van der Waals surface area (Å²) in [5, 5.41) is 4.33. The summed E-state index contributed by atoms with van der Waals surface area (Å²) >= 11 is 0. The Bertz CT molecular complexity index is 158. The normalized spacial score (nSPS) is 38.2. The zero-order valence-corrected chi connectivity index (χ0v) is 5.33. The van der Waals surface area contributed by atoms with Crippen LogP contribution in [0.3, 0.4) is 0 Å². The van der Waals surface area contributed by atoms with E-state index >= 15 is 0 Å². The van der Waals surface area contributed by atoms with E-state index in [1.54, 1.807) is 0 Å². The van der Waals surface area contributed by atoms with Gasteiger partial charge in [-0.3, -0.25) is 5.32 Å². The third kappa shape index (κ3) is 0.766. The molecule has 2 unspecified atom stereocenters. The molecule has 0 bridgehead atoms. The molecule has 0 aromatic heterocycles. The van der Waals surface area contributed by atoms with Gasteiger partial charge in [-0.2, -0.15) is 0 Å². The fourth-order valence-corrected chi connectivity index (χ4v) is 1.47. The molecule has 0 N–H and O–H groups in total. The van der Waals surface area contributed by atoms with Gasteiger partial charge in [0.1, 0.15) is 0 Å². The SMILES string of the molecule is C1=CC2C=C[N]C2CC1. The zero-order valence-electron chi connectivity index (χ0n) is 5.33. The van der Waals surface area contributed by atoms with Crippen molar-refractivity contribution in [2.24, 2.45) is 5.92 Å². The Kier molecular flexibility index (Phi) is 1.08. The molecule has 0 saturated heterocycles. The summed E-state index contributed by atoms with van der Waals surface area (Å²) in [5.41, 5.74) is 0. The fraction of sp³-hybridized carbons (Fsp3) is 0.500. The van der Waals surface area contributed by atoms with E-state index < -0.39 is 0 Å². The van der Waals surface area contributed by atoms with E-state index in [0.29, 0.717) is 12.0 Å². The lowest BCUT2D eigenvalue weighted by molar-refractivity contribution is 0.489. The molecule has 0 aromatic carbocycles. The number of hydrogen-bond donors (Lipinski definition) is 0. The maximum Gasteiger partial charge on any atom is 0.0600 e. The van der Waals surface area contributed by atoms with Gasteiger partial charge in [0.25, 0.3) is 0 Å². The van der Waals surface area contributed by atoms with E-state index in [-0.39, 0.29) is 0 Å². The smallest absolute Gasteiger partial charge is 0.0600 e. The van der Waals surface area contributed by atoms with Crippen LogP contribution in [0.4, 0.5) is 0 Å². The summed E-state index contributed by atoms with van der Waals surface area (Å²) in [6, 6.07) is 0.593. The largest absolute Gasteiger partial charge is 0.289 e. The lowest BCUT2D eigenvalue weighted by Crippen LogP contribution is -2.22. The third-order valence-electron chi connectivity index (χ3n) is 2.02. The van der Waals surface area contributed by atoms with Gasteiger partial charge in [0, 0.05) is 12.1 Å². The van der Waals surface area contributed by atoms with Crippen LogP contribution in [0.2, 0.25) is 0 Å². The molecule has 0 aromatic rings. The summed E-state index contributed by atoms with van der Waals surface area (Å²) in [6.07, 6.45) is 11.1. The molecule has 0 amide bonds. The standard InChI is InChI=1S/C8H10N/c1-2-4-8-7(3-1)5-6-9-8/h1,3,5-8H,2,4H2. The number of allylic oxidation sites excluding steroid dienone is 1. The number of rotatable bonds is 0. The second kappa shape index (κ2) is 1.90. The molecule has 1 radical (unpaired) electrons. The maximum absolute atomic E-state index is 4.33. The minimum absolute atomic E-state index is 0.593. The van der Waals surface area contributed by atoms with Crippen molar-refractivity contribution in [1.29, 1.82) is 0 Å². The molecular formula is C8H10N. The highest BCUT2D eigenvalue weighted by atomic mass is 14.9. The molecule has 1 heteroatoms. The van der Waals surface area contributed by atoms with E-state index in [1.165, 1.54) is 12.8 Å². The highest BCUT2D eigenvalue weighted by molar-refractivity contribution is 5.13. The molecule has 0 spiro atoms. The van der Waals surface area contributed by atoms with Gasteiger partial charge in [-0.15, -0.1) is 0 Å². The van der Waals surface area contributed by atoms with E-state index in [2.05, 4.69) is 23.5 Å². The van der Waals surface area contributed by atoms with Gasteiger partial charge >= 0.3 is 0 Å². The van der Waals surface area contributed by atoms with Crippen LogP contribution in [0.15, 0.2) is 24.4 Å². The predicted octanol–water partition coefficient (Wildman–Crippen LogP) is 1.45. The monoisotopic (exact) mass is 120 g/mol. The molecule has 0 saturated carbocycles. The summed E-state index contributed by atoms with van der Waals surface area (Å²) in [4.78, 5) is 0. The molecule has 1 aliphatic carbocycles. The van der Waals surface area contributed by atoms with Crippen LogP contribution in [-0.2, 0) is 0 Å². The summed E-state index contributed by atoms with van der Waals surface area (Å²) in [7, 11) is 0. The van der Waals surface area contributed by atoms with Crippen LogP contribution in [-0.4, -0.2) is 6.04 Å². The first-order valence-corrected chi connectivity index (χ1v) is 3.50. The van der Waals surface area contributed by atoms with Crippen LogP contribution in [0.1, 0.15) is 12.8 Å². The Labute approximate surface area is 55.5 Å². The maximum atomic E-state index is 4.33. The van der Waals surface area contributed by atoms with Crippen molar-refractivity contribution in [2.75, 3.05) is 0 Å². The van der Waals surface area contributed by atoms with Crippen LogP contribution in [0.25, 0.3) is 0 Å². The molecule has 2 rings (SSSR count). The summed E-state index contributed by atoms with van der Waals surface area (Å²) in [6.45, 7) is 0. The van der Waals surface area contributed by atoms with Crippen molar-refractivity contribution in [3.8, 4) is 0 Å². The van der Waals surface area contributed by atoms with Crippen molar-refractivity contribution in [2.45, 2.75) is 18.9 Å². The number of nitrogens with zero attached hydrogens (tertiary/aromatic N) is 1. The van der Waals surface area contributed by atoms with Gasteiger partial charge < -0.3 is 0 Å². The van der Waals surface area contributed by atoms with E-state index in [4.69, 9.17) is 0 Å². The van der Waals surface area contributed by atoms with E-state index in [9.17, 15) is 0 Å². The van der Waals surface area contributed by atoms with Gasteiger partial charge in [0.15, 0.2) is 0 Å². The van der Waals surface area contributed by atoms with Gasteiger partial charge in [0.05, 0.1) is 6.04 Å². The van der Waals surface area contributed by atoms with Gasteiger partial charge in [0.2, 0.25) is 0 Å². The molecule has 2 aliphatic rings. The average Bonchev–Trinajstić information content (AvgIpc) is 2.33. The van der Waals surface area contributed by atoms with E-state index in [1.807, 2.05) is 6.20 Å². The minimum atomic E-state index is 0.593. The fourth-order valence-electron chi connectivity index (χ4n) is 1.47. The van der Waals surface area contributed by atoms with Crippen molar-refractivity contribution in [3.05, 3.63) is 24.4 Å². The van der Waals surface area contributed by atoms with E-state index in [0.717, 1.165) is 0 Å². The Morgan fingerprint density at radius 1 is 1.33 bits per heavy atom. The molecule has 9 heavy (non-hydrogen) atoms. The van der Waals surface area contributed by atoms with Gasteiger partial charge in [-0.05, 0) is 12.8 Å². The Morgan fingerprint density at radius 2 is 2.33 bits per heavy atom. The summed E-state index contributed by atoms with van der Waals surface area (Å²) in [5.74, 6) is 0.638. The number of hydrogen-bond acceptors (Lipinski definition) is 0. The lowest BCUT2D eigenvalue weighted by Gasteiger charge is -2.17. The lowest BCUT2D eigenvalue weighted by atomic mass is 9.93. The van der Waals surface area contributed by atoms with Crippen LogP contribution >= 0.6 is 0 Å². The molecule has 0 fully saturated rings. The zero-order chi connectivity index (χ0) is 6.10. The molecule has 2 atom stereocenters. The highest BCUT2D eigenvalue weighted by Crippen LogP contribution is 2.23.